The highest BCUT2D eigenvalue weighted by Gasteiger charge is 2.09. The van der Waals surface area contributed by atoms with Gasteiger partial charge in [0.1, 0.15) is 5.82 Å². The van der Waals surface area contributed by atoms with E-state index in [-0.39, 0.29) is 11.7 Å². The highest BCUT2D eigenvalue weighted by atomic mass is 19.1. The van der Waals surface area contributed by atoms with Crippen LogP contribution in [0.1, 0.15) is 16.7 Å². The first-order chi connectivity index (χ1) is 13.6. The molecule has 3 N–H and O–H groups in total. The number of aryl methyl sites for hydroxylation is 1. The molecule has 140 valence electrons. The first-order valence-corrected chi connectivity index (χ1v) is 8.88. The van der Waals surface area contributed by atoms with Crippen molar-refractivity contribution in [1.82, 2.24) is 9.97 Å². The molecule has 28 heavy (non-hydrogen) atoms. The second kappa shape index (κ2) is 7.52. The van der Waals surface area contributed by atoms with Gasteiger partial charge in [0.05, 0.1) is 16.8 Å². The highest BCUT2D eigenvalue weighted by Crippen LogP contribution is 2.28. The zero-order valence-corrected chi connectivity index (χ0v) is 15.3. The van der Waals surface area contributed by atoms with Crippen LogP contribution >= 0.6 is 0 Å². The van der Waals surface area contributed by atoms with Gasteiger partial charge in [0.2, 0.25) is 0 Å². The van der Waals surface area contributed by atoms with E-state index >= 15 is 0 Å². The Morgan fingerprint density at radius 2 is 1.96 bits per heavy atom. The van der Waals surface area contributed by atoms with E-state index in [9.17, 15) is 9.50 Å². The van der Waals surface area contributed by atoms with Crippen molar-refractivity contribution >= 4 is 28.5 Å². The number of hydrogen-bond acceptors (Lipinski definition) is 4. The average Bonchev–Trinajstić information content (AvgIpc) is 3.00. The second-order valence-electron chi connectivity index (χ2n) is 6.54. The number of fused-ring (bicyclic) bond motifs is 1. The summed E-state index contributed by atoms with van der Waals surface area (Å²) in [5, 5.41) is 14.2. The quantitative estimate of drug-likeness (QED) is 0.427. The maximum absolute atomic E-state index is 13.3. The van der Waals surface area contributed by atoms with E-state index in [1.807, 2.05) is 37.3 Å². The van der Waals surface area contributed by atoms with E-state index < -0.39 is 0 Å². The Bertz CT molecular complexity index is 1150. The van der Waals surface area contributed by atoms with Crippen molar-refractivity contribution in [3.8, 4) is 5.88 Å². The molecule has 0 aliphatic rings. The standard InChI is InChI=1S/C22H19FN4O/c1-14-10-17(3-5-20(14)26-12-15-6-8-24-9-7-15)25-13-19-18-4-2-16(23)11-21(18)27-22(19)28/h2-11,13,26-28H,12H2,1H3. The number of pyridine rings is 1. The fourth-order valence-corrected chi connectivity index (χ4v) is 3.07. The molecule has 2 aromatic carbocycles. The van der Waals surface area contributed by atoms with Crippen molar-refractivity contribution in [3.63, 3.8) is 0 Å². The summed E-state index contributed by atoms with van der Waals surface area (Å²) in [6.45, 7) is 2.73. The fraction of sp³-hybridized carbons (Fsp3) is 0.0909. The van der Waals surface area contributed by atoms with Gasteiger partial charge in [0, 0.05) is 36.2 Å². The number of rotatable bonds is 5. The summed E-state index contributed by atoms with van der Waals surface area (Å²) in [5.41, 5.74) is 5.08. The third kappa shape index (κ3) is 3.71. The smallest absolute Gasteiger partial charge is 0.198 e. The number of H-pyrrole nitrogens is 1. The van der Waals surface area contributed by atoms with Gasteiger partial charge >= 0.3 is 0 Å². The number of benzene rings is 2. The summed E-state index contributed by atoms with van der Waals surface area (Å²) in [4.78, 5) is 11.3. The van der Waals surface area contributed by atoms with E-state index in [0.717, 1.165) is 27.9 Å². The van der Waals surface area contributed by atoms with Gasteiger partial charge in [-0.2, -0.15) is 0 Å². The van der Waals surface area contributed by atoms with Crippen LogP contribution in [0.5, 0.6) is 5.88 Å². The van der Waals surface area contributed by atoms with Crippen LogP contribution in [0.4, 0.5) is 15.8 Å². The third-order valence-corrected chi connectivity index (χ3v) is 4.57. The zero-order valence-electron chi connectivity index (χ0n) is 15.3. The van der Waals surface area contributed by atoms with E-state index in [4.69, 9.17) is 0 Å². The molecular formula is C22H19FN4O. The normalized spacial score (nSPS) is 11.4. The summed E-state index contributed by atoms with van der Waals surface area (Å²) < 4.78 is 13.3. The number of nitrogens with zero attached hydrogens (tertiary/aromatic N) is 2. The maximum atomic E-state index is 13.3. The Labute approximate surface area is 161 Å². The Kier molecular flexibility index (Phi) is 4.76. The van der Waals surface area contributed by atoms with Crippen molar-refractivity contribution in [2.24, 2.45) is 4.99 Å². The van der Waals surface area contributed by atoms with Gasteiger partial charge in [-0.05, 0) is 66.6 Å². The minimum atomic E-state index is -0.359. The molecule has 0 fully saturated rings. The van der Waals surface area contributed by atoms with Crippen molar-refractivity contribution in [1.29, 1.82) is 0 Å². The molecule has 0 spiro atoms. The van der Waals surface area contributed by atoms with Crippen molar-refractivity contribution < 1.29 is 9.50 Å². The molecule has 0 atom stereocenters. The van der Waals surface area contributed by atoms with Gasteiger partial charge < -0.3 is 15.4 Å². The Morgan fingerprint density at radius 3 is 2.75 bits per heavy atom. The van der Waals surface area contributed by atoms with Gasteiger partial charge in [-0.3, -0.25) is 9.98 Å². The van der Waals surface area contributed by atoms with Crippen LogP contribution in [0.3, 0.4) is 0 Å². The Balaban J connectivity index is 1.53. The van der Waals surface area contributed by atoms with E-state index in [2.05, 4.69) is 20.3 Å². The number of halogens is 1. The summed E-state index contributed by atoms with van der Waals surface area (Å²) in [7, 11) is 0. The minimum Gasteiger partial charge on any atom is -0.494 e. The van der Waals surface area contributed by atoms with E-state index in [0.29, 0.717) is 17.6 Å². The van der Waals surface area contributed by atoms with Crippen LogP contribution in [0, 0.1) is 12.7 Å². The SMILES string of the molecule is Cc1cc(N=Cc2c(O)[nH]c3cc(F)ccc23)ccc1NCc1ccncc1. The van der Waals surface area contributed by atoms with E-state index in [1.54, 1.807) is 24.7 Å². The summed E-state index contributed by atoms with van der Waals surface area (Å²) in [5.74, 6) is -0.389. The van der Waals surface area contributed by atoms with Gasteiger partial charge in [0.15, 0.2) is 5.88 Å². The largest absolute Gasteiger partial charge is 0.494 e. The lowest BCUT2D eigenvalue weighted by molar-refractivity contribution is 0.457. The molecule has 5 nitrogen and oxygen atoms in total. The fourth-order valence-electron chi connectivity index (χ4n) is 3.07. The summed E-state index contributed by atoms with van der Waals surface area (Å²) in [6.07, 6.45) is 5.14. The van der Waals surface area contributed by atoms with Gasteiger partial charge in [-0.15, -0.1) is 0 Å². The number of aromatic amines is 1. The van der Waals surface area contributed by atoms with Crippen LogP contribution in [0.25, 0.3) is 10.9 Å². The number of aromatic hydroxyl groups is 1. The molecule has 0 aliphatic heterocycles. The molecular weight excluding hydrogens is 355 g/mol. The average molecular weight is 374 g/mol. The Morgan fingerprint density at radius 1 is 1.14 bits per heavy atom. The van der Waals surface area contributed by atoms with Crippen LogP contribution < -0.4 is 5.32 Å². The maximum Gasteiger partial charge on any atom is 0.198 e. The lowest BCUT2D eigenvalue weighted by atomic mass is 10.1. The lowest BCUT2D eigenvalue weighted by Crippen LogP contribution is -2.00. The van der Waals surface area contributed by atoms with Crippen LogP contribution in [-0.4, -0.2) is 21.3 Å². The van der Waals surface area contributed by atoms with Crippen molar-refractivity contribution in [3.05, 3.63) is 83.4 Å². The number of aromatic nitrogens is 2. The van der Waals surface area contributed by atoms with Crippen molar-refractivity contribution in [2.45, 2.75) is 13.5 Å². The van der Waals surface area contributed by atoms with Crippen LogP contribution in [-0.2, 0) is 6.54 Å². The number of anilines is 1. The van der Waals surface area contributed by atoms with Gasteiger partial charge in [-0.1, -0.05) is 0 Å². The molecule has 0 aliphatic carbocycles. The molecule has 4 rings (SSSR count). The molecule has 0 amide bonds. The van der Waals surface area contributed by atoms with Crippen LogP contribution in [0.2, 0.25) is 0 Å². The lowest BCUT2D eigenvalue weighted by Gasteiger charge is -2.10. The molecule has 2 aromatic heterocycles. The van der Waals surface area contributed by atoms with Gasteiger partial charge in [0.25, 0.3) is 0 Å². The zero-order chi connectivity index (χ0) is 19.5. The monoisotopic (exact) mass is 374 g/mol. The summed E-state index contributed by atoms with van der Waals surface area (Å²) in [6, 6.07) is 14.1. The van der Waals surface area contributed by atoms with Crippen molar-refractivity contribution in [2.75, 3.05) is 5.32 Å². The molecule has 0 radical (unpaired) electrons. The topological polar surface area (TPSA) is 73.3 Å². The van der Waals surface area contributed by atoms with Gasteiger partial charge in [-0.25, -0.2) is 4.39 Å². The molecule has 6 heteroatoms. The number of hydrogen-bond donors (Lipinski definition) is 3. The molecule has 0 saturated heterocycles. The predicted octanol–water partition coefficient (Wildman–Crippen LogP) is 5.08. The molecule has 0 saturated carbocycles. The molecule has 0 bridgehead atoms. The predicted molar refractivity (Wildman–Crippen MR) is 110 cm³/mol. The third-order valence-electron chi connectivity index (χ3n) is 4.57. The number of nitrogens with one attached hydrogen (secondary N) is 2. The first kappa shape index (κ1) is 17.7. The number of aliphatic imine (C=N–C) groups is 1. The van der Waals surface area contributed by atoms with E-state index in [1.165, 1.54) is 12.1 Å². The Hall–Kier alpha value is -3.67. The molecule has 0 unspecified atom stereocenters. The van der Waals surface area contributed by atoms with Crippen LogP contribution in [0.15, 0.2) is 65.9 Å². The minimum absolute atomic E-state index is 0.0308. The highest BCUT2D eigenvalue weighted by molar-refractivity contribution is 6.02. The molecule has 2 heterocycles. The molecule has 4 aromatic rings. The first-order valence-electron chi connectivity index (χ1n) is 8.88. The second-order valence-corrected chi connectivity index (χ2v) is 6.54. The summed E-state index contributed by atoms with van der Waals surface area (Å²) >= 11 is 0.